The molecule has 14 heavy (non-hydrogen) atoms. The molecule has 0 saturated heterocycles. The lowest BCUT2D eigenvalue weighted by Gasteiger charge is -2.12. The van der Waals surface area contributed by atoms with Crippen LogP contribution >= 0.6 is 11.6 Å². The van der Waals surface area contributed by atoms with Crippen molar-refractivity contribution in [3.8, 4) is 0 Å². The van der Waals surface area contributed by atoms with E-state index in [0.717, 1.165) is 5.56 Å². The lowest BCUT2D eigenvalue weighted by Crippen LogP contribution is -2.20. The van der Waals surface area contributed by atoms with E-state index in [4.69, 9.17) is 11.6 Å². The number of aromatic nitrogens is 1. The molecular formula is C10H12ClFN2. The Morgan fingerprint density at radius 3 is 3.00 bits per heavy atom. The fourth-order valence-corrected chi connectivity index (χ4v) is 1.12. The maximum absolute atomic E-state index is 12.8. The molecule has 1 heterocycles. The van der Waals surface area contributed by atoms with Crippen LogP contribution in [0.25, 0.3) is 0 Å². The summed E-state index contributed by atoms with van der Waals surface area (Å²) in [5.74, 6) is -0.333. The quantitative estimate of drug-likeness (QED) is 0.834. The summed E-state index contributed by atoms with van der Waals surface area (Å²) in [5.41, 5.74) is 0.794. The maximum atomic E-state index is 12.8. The van der Waals surface area contributed by atoms with Crippen LogP contribution in [0.2, 0.25) is 0 Å². The zero-order valence-electron chi connectivity index (χ0n) is 7.93. The molecule has 0 saturated carbocycles. The third-order valence-corrected chi connectivity index (χ3v) is 1.96. The largest absolute Gasteiger partial charge is 0.305 e. The Morgan fingerprint density at radius 2 is 2.43 bits per heavy atom. The highest BCUT2D eigenvalue weighted by Crippen LogP contribution is 2.12. The van der Waals surface area contributed by atoms with Crippen molar-refractivity contribution in [3.63, 3.8) is 0 Å². The summed E-state index contributed by atoms with van der Waals surface area (Å²) >= 11 is 5.59. The average Bonchev–Trinajstić information content (AvgIpc) is 2.14. The number of halogens is 2. The summed E-state index contributed by atoms with van der Waals surface area (Å²) in [5, 5.41) is 3.62. The molecule has 0 amide bonds. The third-order valence-electron chi connectivity index (χ3n) is 1.83. The van der Waals surface area contributed by atoms with Crippen molar-refractivity contribution in [1.29, 1.82) is 0 Å². The molecule has 76 valence electrons. The molecule has 0 radical (unpaired) electrons. The molecule has 1 N–H and O–H groups in total. The van der Waals surface area contributed by atoms with E-state index in [2.05, 4.69) is 16.9 Å². The van der Waals surface area contributed by atoms with E-state index < -0.39 is 0 Å². The van der Waals surface area contributed by atoms with Gasteiger partial charge in [-0.05, 0) is 18.6 Å². The zero-order valence-corrected chi connectivity index (χ0v) is 8.68. The topological polar surface area (TPSA) is 24.9 Å². The van der Waals surface area contributed by atoms with Gasteiger partial charge in [0, 0.05) is 23.8 Å². The van der Waals surface area contributed by atoms with Crippen LogP contribution in [0.4, 0.5) is 4.39 Å². The zero-order chi connectivity index (χ0) is 10.6. The van der Waals surface area contributed by atoms with Crippen molar-refractivity contribution < 1.29 is 4.39 Å². The number of pyridine rings is 1. The number of rotatable bonds is 4. The minimum absolute atomic E-state index is 0.00806. The van der Waals surface area contributed by atoms with Gasteiger partial charge in [0.25, 0.3) is 0 Å². The number of hydrogen-bond acceptors (Lipinski definition) is 2. The standard InChI is InChI=1S/C10H12ClFN2/c1-7(11)4-14-8(2)9-3-10(12)6-13-5-9/h3,5-6,8,14H,1,4H2,2H3. The van der Waals surface area contributed by atoms with Crippen molar-refractivity contribution in [2.45, 2.75) is 13.0 Å². The highest BCUT2D eigenvalue weighted by Gasteiger charge is 2.05. The summed E-state index contributed by atoms with van der Waals surface area (Å²) < 4.78 is 12.8. The van der Waals surface area contributed by atoms with Gasteiger partial charge in [0.1, 0.15) is 5.82 Å². The van der Waals surface area contributed by atoms with Gasteiger partial charge >= 0.3 is 0 Å². The second-order valence-corrected chi connectivity index (χ2v) is 3.59. The molecule has 0 aliphatic carbocycles. The van der Waals surface area contributed by atoms with E-state index in [1.807, 2.05) is 6.92 Å². The van der Waals surface area contributed by atoms with Crippen LogP contribution < -0.4 is 5.32 Å². The highest BCUT2D eigenvalue weighted by molar-refractivity contribution is 6.29. The number of nitrogens with zero attached hydrogens (tertiary/aromatic N) is 1. The highest BCUT2D eigenvalue weighted by atomic mass is 35.5. The average molecular weight is 215 g/mol. The summed E-state index contributed by atoms with van der Waals surface area (Å²) in [7, 11) is 0. The third kappa shape index (κ3) is 3.44. The predicted molar refractivity (Wildman–Crippen MR) is 55.6 cm³/mol. The van der Waals surface area contributed by atoms with Crippen molar-refractivity contribution in [1.82, 2.24) is 10.3 Å². The maximum Gasteiger partial charge on any atom is 0.141 e. The summed E-state index contributed by atoms with van der Waals surface area (Å²) in [6.45, 7) is 5.96. The van der Waals surface area contributed by atoms with E-state index in [0.29, 0.717) is 11.6 Å². The Morgan fingerprint density at radius 1 is 1.71 bits per heavy atom. The van der Waals surface area contributed by atoms with E-state index in [1.54, 1.807) is 6.20 Å². The lowest BCUT2D eigenvalue weighted by atomic mass is 10.1. The number of hydrogen-bond donors (Lipinski definition) is 1. The number of nitrogens with one attached hydrogen (secondary N) is 1. The van der Waals surface area contributed by atoms with Gasteiger partial charge in [0.15, 0.2) is 0 Å². The smallest absolute Gasteiger partial charge is 0.141 e. The van der Waals surface area contributed by atoms with Crippen LogP contribution in [-0.2, 0) is 0 Å². The molecule has 0 aromatic carbocycles. The Balaban J connectivity index is 2.60. The molecular weight excluding hydrogens is 203 g/mol. The van der Waals surface area contributed by atoms with Crippen LogP contribution in [-0.4, -0.2) is 11.5 Å². The van der Waals surface area contributed by atoms with Crippen molar-refractivity contribution in [2.24, 2.45) is 0 Å². The second-order valence-electron chi connectivity index (χ2n) is 3.06. The lowest BCUT2D eigenvalue weighted by molar-refractivity contribution is 0.587. The Hall–Kier alpha value is -0.930. The Kier molecular flexibility index (Phi) is 4.04. The van der Waals surface area contributed by atoms with E-state index in [1.165, 1.54) is 12.3 Å². The molecule has 1 aromatic rings. The normalized spacial score (nSPS) is 12.5. The Bertz CT molecular complexity index is 328. The van der Waals surface area contributed by atoms with Gasteiger partial charge in [-0.25, -0.2) is 4.39 Å². The molecule has 0 aliphatic rings. The van der Waals surface area contributed by atoms with Gasteiger partial charge in [-0.3, -0.25) is 4.98 Å². The summed E-state index contributed by atoms with van der Waals surface area (Å²) in [6.07, 6.45) is 2.80. The first kappa shape index (κ1) is 11.1. The summed E-state index contributed by atoms with van der Waals surface area (Å²) in [6, 6.07) is 1.45. The first-order valence-corrected chi connectivity index (χ1v) is 4.64. The molecule has 0 spiro atoms. The molecule has 4 heteroatoms. The molecule has 1 unspecified atom stereocenters. The van der Waals surface area contributed by atoms with Gasteiger partial charge in [-0.15, -0.1) is 0 Å². The van der Waals surface area contributed by atoms with Crippen LogP contribution in [0.5, 0.6) is 0 Å². The van der Waals surface area contributed by atoms with Gasteiger partial charge in [0.05, 0.1) is 6.20 Å². The van der Waals surface area contributed by atoms with Crippen molar-refractivity contribution in [2.75, 3.05) is 6.54 Å². The molecule has 1 rings (SSSR count). The second kappa shape index (κ2) is 5.08. The molecule has 1 atom stereocenters. The molecule has 0 bridgehead atoms. The van der Waals surface area contributed by atoms with Crippen molar-refractivity contribution in [3.05, 3.63) is 41.5 Å². The first-order valence-electron chi connectivity index (χ1n) is 4.26. The fraction of sp³-hybridized carbons (Fsp3) is 0.300. The van der Waals surface area contributed by atoms with E-state index in [9.17, 15) is 4.39 Å². The molecule has 0 fully saturated rings. The van der Waals surface area contributed by atoms with Crippen LogP contribution in [0, 0.1) is 5.82 Å². The van der Waals surface area contributed by atoms with E-state index >= 15 is 0 Å². The first-order chi connectivity index (χ1) is 6.59. The fourth-order valence-electron chi connectivity index (χ4n) is 1.05. The van der Waals surface area contributed by atoms with Crippen LogP contribution in [0.15, 0.2) is 30.1 Å². The Labute approximate surface area is 87.8 Å². The van der Waals surface area contributed by atoms with Crippen LogP contribution in [0.1, 0.15) is 18.5 Å². The van der Waals surface area contributed by atoms with Gasteiger partial charge < -0.3 is 5.32 Å². The van der Waals surface area contributed by atoms with E-state index in [-0.39, 0.29) is 11.9 Å². The molecule has 1 aromatic heterocycles. The monoisotopic (exact) mass is 214 g/mol. The van der Waals surface area contributed by atoms with Crippen LogP contribution in [0.3, 0.4) is 0 Å². The predicted octanol–water partition coefficient (Wildman–Crippen LogP) is 2.62. The van der Waals surface area contributed by atoms with Gasteiger partial charge in [-0.2, -0.15) is 0 Å². The SMILES string of the molecule is C=C(Cl)CNC(C)c1cncc(F)c1. The minimum atomic E-state index is -0.333. The minimum Gasteiger partial charge on any atom is -0.305 e. The summed E-state index contributed by atoms with van der Waals surface area (Å²) in [4.78, 5) is 3.76. The molecule has 0 aliphatic heterocycles. The van der Waals surface area contributed by atoms with Crippen molar-refractivity contribution >= 4 is 11.6 Å². The van der Waals surface area contributed by atoms with Gasteiger partial charge in [0.2, 0.25) is 0 Å². The molecule has 2 nitrogen and oxygen atoms in total. The van der Waals surface area contributed by atoms with Gasteiger partial charge in [-0.1, -0.05) is 18.2 Å².